The van der Waals surface area contributed by atoms with Gasteiger partial charge in [0.25, 0.3) is 0 Å². The first-order valence-electron chi connectivity index (χ1n) is 8.95. The second-order valence-electron chi connectivity index (χ2n) is 6.89. The van der Waals surface area contributed by atoms with E-state index in [0.29, 0.717) is 36.8 Å². The molecule has 3 rings (SSSR count). The van der Waals surface area contributed by atoms with Crippen molar-refractivity contribution in [2.45, 2.75) is 50.5 Å². The van der Waals surface area contributed by atoms with Gasteiger partial charge in [-0.15, -0.1) is 11.8 Å². The molecule has 3 unspecified atom stereocenters. The molecule has 5 heteroatoms. The van der Waals surface area contributed by atoms with E-state index < -0.39 is 0 Å². The number of ether oxygens (including phenoxy) is 2. The minimum atomic E-state index is 0.123. The van der Waals surface area contributed by atoms with Crippen molar-refractivity contribution in [3.05, 3.63) is 18.2 Å². The Kier molecular flexibility index (Phi) is 5.93. The summed E-state index contributed by atoms with van der Waals surface area (Å²) >= 11 is 1.55. The number of carbonyl (C=O) groups excluding carboxylic acids is 1. The van der Waals surface area contributed by atoms with E-state index in [1.165, 1.54) is 12.8 Å². The van der Waals surface area contributed by atoms with Crippen LogP contribution in [0.15, 0.2) is 23.1 Å². The molecule has 1 fully saturated rings. The molecule has 132 valence electrons. The number of rotatable bonds is 4. The van der Waals surface area contributed by atoms with Crippen LogP contribution in [0, 0.1) is 11.8 Å². The van der Waals surface area contributed by atoms with Gasteiger partial charge in [0, 0.05) is 17.4 Å². The van der Waals surface area contributed by atoms with Crippen LogP contribution in [-0.2, 0) is 4.79 Å². The molecule has 1 saturated carbocycles. The zero-order valence-corrected chi connectivity index (χ0v) is 15.4. The topological polar surface area (TPSA) is 47.6 Å². The first kappa shape index (κ1) is 17.5. The lowest BCUT2D eigenvalue weighted by Crippen LogP contribution is -2.44. The molecule has 1 amide bonds. The lowest BCUT2D eigenvalue weighted by atomic mass is 9.78. The van der Waals surface area contributed by atoms with Crippen LogP contribution in [0.25, 0.3) is 0 Å². The van der Waals surface area contributed by atoms with Gasteiger partial charge in [-0.3, -0.25) is 4.79 Å². The van der Waals surface area contributed by atoms with E-state index in [-0.39, 0.29) is 5.91 Å². The van der Waals surface area contributed by atoms with Crippen LogP contribution >= 0.6 is 11.8 Å². The van der Waals surface area contributed by atoms with E-state index in [0.717, 1.165) is 29.2 Å². The molecule has 0 saturated heterocycles. The van der Waals surface area contributed by atoms with Crippen molar-refractivity contribution >= 4 is 17.7 Å². The van der Waals surface area contributed by atoms with Crippen molar-refractivity contribution < 1.29 is 14.3 Å². The average molecular weight is 349 g/mol. The minimum Gasteiger partial charge on any atom is -0.490 e. The summed E-state index contributed by atoms with van der Waals surface area (Å²) in [5.41, 5.74) is 0. The van der Waals surface area contributed by atoms with Gasteiger partial charge in [0.15, 0.2) is 11.5 Å². The number of fused-ring (bicyclic) bond motifs is 1. The fourth-order valence-electron chi connectivity index (χ4n) is 3.42. The molecule has 0 bridgehead atoms. The highest BCUT2D eigenvalue weighted by Gasteiger charge is 2.28. The Morgan fingerprint density at radius 1 is 1.17 bits per heavy atom. The third-order valence-electron chi connectivity index (χ3n) is 5.14. The van der Waals surface area contributed by atoms with E-state index >= 15 is 0 Å². The molecule has 3 atom stereocenters. The average Bonchev–Trinajstić information content (AvgIpc) is 2.82. The zero-order chi connectivity index (χ0) is 16.9. The van der Waals surface area contributed by atoms with Crippen LogP contribution in [0.5, 0.6) is 11.5 Å². The van der Waals surface area contributed by atoms with Gasteiger partial charge in [0.1, 0.15) is 0 Å². The van der Waals surface area contributed by atoms with Crippen molar-refractivity contribution in [2.24, 2.45) is 11.8 Å². The quantitative estimate of drug-likeness (QED) is 0.838. The maximum absolute atomic E-state index is 12.3. The number of hydrogen-bond acceptors (Lipinski definition) is 4. The zero-order valence-electron chi connectivity index (χ0n) is 14.5. The number of amides is 1. The Labute approximate surface area is 148 Å². The van der Waals surface area contributed by atoms with E-state index in [1.54, 1.807) is 11.8 Å². The molecular weight excluding hydrogens is 322 g/mol. The molecule has 0 radical (unpaired) electrons. The summed E-state index contributed by atoms with van der Waals surface area (Å²) in [4.78, 5) is 13.3. The monoisotopic (exact) mass is 349 g/mol. The third kappa shape index (κ3) is 4.38. The van der Waals surface area contributed by atoms with Crippen molar-refractivity contribution in [3.63, 3.8) is 0 Å². The number of benzene rings is 1. The molecule has 0 spiro atoms. The second kappa shape index (κ2) is 8.15. The molecule has 1 aromatic carbocycles. The van der Waals surface area contributed by atoms with Gasteiger partial charge in [-0.05, 0) is 36.5 Å². The van der Waals surface area contributed by atoms with Crippen LogP contribution in [-0.4, -0.2) is 30.9 Å². The van der Waals surface area contributed by atoms with Gasteiger partial charge in [-0.1, -0.05) is 26.7 Å². The summed E-state index contributed by atoms with van der Waals surface area (Å²) in [7, 11) is 0. The fraction of sp³-hybridized carbons (Fsp3) is 0.632. The number of thioether (sulfide) groups is 1. The predicted octanol–water partition coefficient (Wildman–Crippen LogP) is 3.88. The van der Waals surface area contributed by atoms with Crippen LogP contribution < -0.4 is 14.8 Å². The molecule has 1 aliphatic heterocycles. The Morgan fingerprint density at radius 3 is 2.79 bits per heavy atom. The highest BCUT2D eigenvalue weighted by molar-refractivity contribution is 8.00. The van der Waals surface area contributed by atoms with Gasteiger partial charge in [-0.2, -0.15) is 0 Å². The lowest BCUT2D eigenvalue weighted by Gasteiger charge is -2.34. The fourth-order valence-corrected chi connectivity index (χ4v) is 4.15. The standard InChI is InChI=1S/C19H27NO3S/c1-13-5-3-6-16(14(13)2)20-19(21)12-24-15-7-8-17-18(11-15)23-10-4-9-22-17/h7-8,11,13-14,16H,3-6,9-10,12H2,1-2H3,(H,20,21). The van der Waals surface area contributed by atoms with Crippen molar-refractivity contribution in [1.82, 2.24) is 5.32 Å². The van der Waals surface area contributed by atoms with E-state index in [9.17, 15) is 4.79 Å². The summed E-state index contributed by atoms with van der Waals surface area (Å²) in [6.07, 6.45) is 4.49. The summed E-state index contributed by atoms with van der Waals surface area (Å²) < 4.78 is 11.3. The minimum absolute atomic E-state index is 0.123. The molecule has 4 nitrogen and oxygen atoms in total. The molecule has 24 heavy (non-hydrogen) atoms. The van der Waals surface area contributed by atoms with Crippen LogP contribution in [0.4, 0.5) is 0 Å². The molecular formula is C19H27NO3S. The molecule has 1 N–H and O–H groups in total. The maximum Gasteiger partial charge on any atom is 0.230 e. The van der Waals surface area contributed by atoms with Crippen molar-refractivity contribution in [1.29, 1.82) is 0 Å². The first-order chi connectivity index (χ1) is 11.6. The van der Waals surface area contributed by atoms with Gasteiger partial charge >= 0.3 is 0 Å². The van der Waals surface area contributed by atoms with Crippen LogP contribution in [0.3, 0.4) is 0 Å². The van der Waals surface area contributed by atoms with Gasteiger partial charge in [0.05, 0.1) is 19.0 Å². The Bertz CT molecular complexity index is 578. The Hall–Kier alpha value is -1.36. The van der Waals surface area contributed by atoms with Crippen molar-refractivity contribution in [2.75, 3.05) is 19.0 Å². The van der Waals surface area contributed by atoms with E-state index in [1.807, 2.05) is 18.2 Å². The molecule has 0 aromatic heterocycles. The number of carbonyl (C=O) groups is 1. The summed E-state index contributed by atoms with van der Waals surface area (Å²) in [6.45, 7) is 5.92. The maximum atomic E-state index is 12.3. The second-order valence-corrected chi connectivity index (χ2v) is 7.94. The largest absolute Gasteiger partial charge is 0.490 e. The summed E-state index contributed by atoms with van der Waals surface area (Å²) in [5, 5.41) is 3.23. The van der Waals surface area contributed by atoms with Gasteiger partial charge in [-0.25, -0.2) is 0 Å². The predicted molar refractivity (Wildman–Crippen MR) is 96.9 cm³/mol. The molecule has 1 aromatic rings. The number of hydrogen-bond donors (Lipinski definition) is 1. The van der Waals surface area contributed by atoms with Crippen LogP contribution in [0.1, 0.15) is 39.5 Å². The number of nitrogens with one attached hydrogen (secondary N) is 1. The van der Waals surface area contributed by atoms with E-state index in [2.05, 4.69) is 19.2 Å². The lowest BCUT2D eigenvalue weighted by molar-refractivity contribution is -0.119. The SMILES string of the molecule is CC1CCCC(NC(=O)CSc2ccc3c(c2)OCCCO3)C1C. The summed E-state index contributed by atoms with van der Waals surface area (Å²) in [6, 6.07) is 6.23. The van der Waals surface area contributed by atoms with E-state index in [4.69, 9.17) is 9.47 Å². The third-order valence-corrected chi connectivity index (χ3v) is 6.14. The highest BCUT2D eigenvalue weighted by Crippen LogP contribution is 2.34. The molecule has 1 heterocycles. The molecule has 2 aliphatic rings. The Morgan fingerprint density at radius 2 is 1.96 bits per heavy atom. The van der Waals surface area contributed by atoms with Crippen molar-refractivity contribution in [3.8, 4) is 11.5 Å². The van der Waals surface area contributed by atoms with Gasteiger partial charge < -0.3 is 14.8 Å². The Balaban J connectivity index is 1.52. The summed E-state index contributed by atoms with van der Waals surface area (Å²) in [5.74, 6) is 3.40. The first-order valence-corrected chi connectivity index (χ1v) is 9.94. The van der Waals surface area contributed by atoms with Gasteiger partial charge in [0.2, 0.25) is 5.91 Å². The van der Waals surface area contributed by atoms with Crippen LogP contribution in [0.2, 0.25) is 0 Å². The molecule has 1 aliphatic carbocycles. The normalized spacial score (nSPS) is 26.5. The smallest absolute Gasteiger partial charge is 0.230 e. The highest BCUT2D eigenvalue weighted by atomic mass is 32.2.